The van der Waals surface area contributed by atoms with Gasteiger partial charge in [-0.3, -0.25) is 0 Å². The SMILES string of the molecule is C=C(C)COc1ccc(C)cc1CN. The van der Waals surface area contributed by atoms with Crippen molar-refractivity contribution in [3.8, 4) is 5.75 Å². The first-order chi connectivity index (χ1) is 6.63. The summed E-state index contributed by atoms with van der Waals surface area (Å²) >= 11 is 0. The van der Waals surface area contributed by atoms with Crippen molar-refractivity contribution in [1.82, 2.24) is 0 Å². The number of hydrogen-bond acceptors (Lipinski definition) is 2. The fourth-order valence-electron chi connectivity index (χ4n) is 1.21. The zero-order valence-corrected chi connectivity index (χ0v) is 8.84. The highest BCUT2D eigenvalue weighted by Gasteiger charge is 2.01. The van der Waals surface area contributed by atoms with Crippen LogP contribution in [0, 0.1) is 6.92 Å². The van der Waals surface area contributed by atoms with E-state index in [4.69, 9.17) is 10.5 Å². The normalized spacial score (nSPS) is 9.93. The van der Waals surface area contributed by atoms with Gasteiger partial charge in [0.15, 0.2) is 0 Å². The van der Waals surface area contributed by atoms with Crippen molar-refractivity contribution in [2.24, 2.45) is 5.73 Å². The fourth-order valence-corrected chi connectivity index (χ4v) is 1.21. The highest BCUT2D eigenvalue weighted by molar-refractivity contribution is 5.36. The maximum atomic E-state index is 5.62. The minimum atomic E-state index is 0.507. The molecular formula is C12H17NO. The van der Waals surface area contributed by atoms with Gasteiger partial charge in [-0.15, -0.1) is 0 Å². The molecule has 2 N–H and O–H groups in total. The predicted octanol–water partition coefficient (Wildman–Crippen LogP) is 2.41. The van der Waals surface area contributed by atoms with E-state index in [1.807, 2.05) is 32.0 Å². The van der Waals surface area contributed by atoms with Crippen LogP contribution in [-0.4, -0.2) is 6.61 Å². The Labute approximate surface area is 85.4 Å². The molecule has 1 aromatic rings. The van der Waals surface area contributed by atoms with E-state index >= 15 is 0 Å². The second-order valence-electron chi connectivity index (χ2n) is 3.56. The predicted molar refractivity (Wildman–Crippen MR) is 59.4 cm³/mol. The Bertz CT molecular complexity index is 331. The van der Waals surface area contributed by atoms with Crippen LogP contribution in [0.15, 0.2) is 30.4 Å². The van der Waals surface area contributed by atoms with Gasteiger partial charge in [-0.2, -0.15) is 0 Å². The van der Waals surface area contributed by atoms with Gasteiger partial charge in [0.2, 0.25) is 0 Å². The van der Waals surface area contributed by atoms with E-state index in [-0.39, 0.29) is 0 Å². The topological polar surface area (TPSA) is 35.2 Å². The van der Waals surface area contributed by atoms with E-state index in [9.17, 15) is 0 Å². The molecule has 0 unspecified atom stereocenters. The van der Waals surface area contributed by atoms with Crippen LogP contribution in [-0.2, 0) is 6.54 Å². The van der Waals surface area contributed by atoms with Gasteiger partial charge in [0.1, 0.15) is 12.4 Å². The van der Waals surface area contributed by atoms with E-state index in [0.717, 1.165) is 16.9 Å². The number of benzene rings is 1. The second kappa shape index (κ2) is 4.82. The first-order valence-corrected chi connectivity index (χ1v) is 4.70. The average molecular weight is 191 g/mol. The number of ether oxygens (including phenoxy) is 1. The molecule has 0 saturated carbocycles. The molecule has 0 aliphatic rings. The molecule has 0 aliphatic carbocycles. The summed E-state index contributed by atoms with van der Waals surface area (Å²) in [6, 6.07) is 6.03. The van der Waals surface area contributed by atoms with Crippen molar-refractivity contribution in [3.05, 3.63) is 41.5 Å². The molecule has 0 saturated heterocycles. The molecule has 0 aliphatic heterocycles. The largest absolute Gasteiger partial charge is 0.489 e. The molecule has 2 nitrogen and oxygen atoms in total. The van der Waals surface area contributed by atoms with E-state index in [1.54, 1.807) is 0 Å². The van der Waals surface area contributed by atoms with Gasteiger partial charge in [0.25, 0.3) is 0 Å². The fraction of sp³-hybridized carbons (Fsp3) is 0.333. The molecule has 0 fully saturated rings. The van der Waals surface area contributed by atoms with Crippen LogP contribution in [0.1, 0.15) is 18.1 Å². The Morgan fingerprint density at radius 3 is 2.79 bits per heavy atom. The first kappa shape index (κ1) is 10.8. The number of hydrogen-bond donors (Lipinski definition) is 1. The van der Waals surface area contributed by atoms with E-state index in [2.05, 4.69) is 6.58 Å². The Balaban J connectivity index is 2.80. The molecule has 1 rings (SSSR count). The van der Waals surface area contributed by atoms with Crippen LogP contribution in [0.25, 0.3) is 0 Å². The Kier molecular flexibility index (Phi) is 3.72. The van der Waals surface area contributed by atoms with E-state index in [1.165, 1.54) is 5.56 Å². The van der Waals surface area contributed by atoms with Crippen molar-refractivity contribution in [2.45, 2.75) is 20.4 Å². The summed E-state index contributed by atoms with van der Waals surface area (Å²) in [4.78, 5) is 0. The first-order valence-electron chi connectivity index (χ1n) is 4.70. The zero-order valence-electron chi connectivity index (χ0n) is 8.84. The molecule has 14 heavy (non-hydrogen) atoms. The van der Waals surface area contributed by atoms with Gasteiger partial charge >= 0.3 is 0 Å². The highest BCUT2D eigenvalue weighted by Crippen LogP contribution is 2.19. The van der Waals surface area contributed by atoms with Crippen molar-refractivity contribution in [2.75, 3.05) is 6.61 Å². The number of nitrogens with two attached hydrogens (primary N) is 1. The van der Waals surface area contributed by atoms with Gasteiger partial charge in [-0.05, 0) is 25.5 Å². The molecule has 0 amide bonds. The van der Waals surface area contributed by atoms with Gasteiger partial charge in [0, 0.05) is 12.1 Å². The molecule has 0 atom stereocenters. The summed E-state index contributed by atoms with van der Waals surface area (Å²) in [5.74, 6) is 0.862. The van der Waals surface area contributed by atoms with Gasteiger partial charge in [0.05, 0.1) is 0 Å². The summed E-state index contributed by atoms with van der Waals surface area (Å²) in [7, 11) is 0. The molecule has 76 valence electrons. The summed E-state index contributed by atoms with van der Waals surface area (Å²) in [5, 5.41) is 0. The van der Waals surface area contributed by atoms with Crippen LogP contribution >= 0.6 is 0 Å². The third-order valence-electron chi connectivity index (χ3n) is 1.91. The van der Waals surface area contributed by atoms with E-state index < -0.39 is 0 Å². The van der Waals surface area contributed by atoms with Crippen molar-refractivity contribution in [3.63, 3.8) is 0 Å². The molecule has 0 spiro atoms. The molecule has 0 heterocycles. The maximum absolute atomic E-state index is 5.62. The van der Waals surface area contributed by atoms with E-state index in [0.29, 0.717) is 13.2 Å². The number of aryl methyl sites for hydroxylation is 1. The van der Waals surface area contributed by atoms with Gasteiger partial charge in [-0.1, -0.05) is 24.3 Å². The van der Waals surface area contributed by atoms with Gasteiger partial charge in [-0.25, -0.2) is 0 Å². The molecule has 2 heteroatoms. The lowest BCUT2D eigenvalue weighted by Gasteiger charge is -2.10. The van der Waals surface area contributed by atoms with Crippen molar-refractivity contribution in [1.29, 1.82) is 0 Å². The van der Waals surface area contributed by atoms with Crippen molar-refractivity contribution < 1.29 is 4.74 Å². The van der Waals surface area contributed by atoms with Crippen LogP contribution < -0.4 is 10.5 Å². The highest BCUT2D eigenvalue weighted by atomic mass is 16.5. The summed E-state index contributed by atoms with van der Waals surface area (Å²) < 4.78 is 5.56. The summed E-state index contributed by atoms with van der Waals surface area (Å²) in [6.45, 7) is 8.83. The molecule has 0 radical (unpaired) electrons. The molecule has 0 aromatic heterocycles. The Hall–Kier alpha value is -1.28. The van der Waals surface area contributed by atoms with Crippen LogP contribution in [0.4, 0.5) is 0 Å². The standard InChI is InChI=1S/C12H17NO/c1-9(2)8-14-12-5-4-10(3)6-11(12)7-13/h4-6H,1,7-8,13H2,2-3H3. The third-order valence-corrected chi connectivity index (χ3v) is 1.91. The quantitative estimate of drug-likeness (QED) is 0.742. The summed E-state index contributed by atoms with van der Waals surface area (Å²) in [6.07, 6.45) is 0. The minimum absolute atomic E-state index is 0.507. The lowest BCUT2D eigenvalue weighted by atomic mass is 10.1. The molecule has 0 bridgehead atoms. The monoisotopic (exact) mass is 191 g/mol. The molecular weight excluding hydrogens is 174 g/mol. The van der Waals surface area contributed by atoms with Crippen LogP contribution in [0.3, 0.4) is 0 Å². The average Bonchev–Trinajstić information content (AvgIpc) is 2.15. The van der Waals surface area contributed by atoms with Crippen molar-refractivity contribution >= 4 is 0 Å². The minimum Gasteiger partial charge on any atom is -0.489 e. The number of rotatable bonds is 4. The second-order valence-corrected chi connectivity index (χ2v) is 3.56. The summed E-state index contributed by atoms with van der Waals surface area (Å²) in [5.41, 5.74) is 8.88. The third kappa shape index (κ3) is 2.89. The lowest BCUT2D eigenvalue weighted by Crippen LogP contribution is -2.04. The smallest absolute Gasteiger partial charge is 0.124 e. The van der Waals surface area contributed by atoms with Crippen LogP contribution in [0.5, 0.6) is 5.75 Å². The maximum Gasteiger partial charge on any atom is 0.124 e. The lowest BCUT2D eigenvalue weighted by molar-refractivity contribution is 0.349. The Morgan fingerprint density at radius 2 is 2.21 bits per heavy atom. The zero-order chi connectivity index (χ0) is 10.6. The molecule has 1 aromatic carbocycles. The van der Waals surface area contributed by atoms with Crippen LogP contribution in [0.2, 0.25) is 0 Å². The Morgan fingerprint density at radius 1 is 1.50 bits per heavy atom. The van der Waals surface area contributed by atoms with Gasteiger partial charge < -0.3 is 10.5 Å².